The topological polar surface area (TPSA) is 92.7 Å². The molecule has 0 spiro atoms. The molecule has 2 aromatic rings. The smallest absolute Gasteiger partial charge is 0.336 e. The summed E-state index contributed by atoms with van der Waals surface area (Å²) in [7, 11) is -3.73. The van der Waals surface area contributed by atoms with E-state index in [1.165, 1.54) is 31.2 Å². The van der Waals surface area contributed by atoms with E-state index in [1.807, 2.05) is 26.8 Å². The molecule has 0 aliphatic carbocycles. The van der Waals surface area contributed by atoms with Gasteiger partial charge in [0.2, 0.25) is 0 Å². The predicted octanol–water partition coefficient (Wildman–Crippen LogP) is 4.22. The van der Waals surface area contributed by atoms with Gasteiger partial charge in [0, 0.05) is 5.70 Å². The van der Waals surface area contributed by atoms with Crippen molar-refractivity contribution < 1.29 is 23.1 Å². The molecule has 0 heterocycles. The Bertz CT molecular complexity index is 1050. The number of carboxylic acids is 1. The van der Waals surface area contributed by atoms with E-state index in [0.29, 0.717) is 16.8 Å². The lowest BCUT2D eigenvalue weighted by atomic mass is 10.0. The molecule has 0 saturated heterocycles. The molecule has 0 radical (unpaired) electrons. The van der Waals surface area contributed by atoms with Crippen LogP contribution >= 0.6 is 0 Å². The number of carboxylic acid groups (broad SMARTS) is 1. The Morgan fingerprint density at radius 2 is 1.79 bits per heavy atom. The first-order valence-corrected chi connectivity index (χ1v) is 10.5. The molecule has 0 aliphatic rings. The van der Waals surface area contributed by atoms with Crippen molar-refractivity contribution in [1.29, 1.82) is 0 Å². The first-order chi connectivity index (χ1) is 13.5. The van der Waals surface area contributed by atoms with Crippen LogP contribution in [0, 0.1) is 6.92 Å². The van der Waals surface area contributed by atoms with Crippen molar-refractivity contribution in [2.45, 2.75) is 38.7 Å². The number of hydrogen-bond acceptors (Lipinski definition) is 4. The maximum absolute atomic E-state index is 12.2. The summed E-state index contributed by atoms with van der Waals surface area (Å²) in [5.41, 5.74) is 2.34. The van der Waals surface area contributed by atoms with Crippen LogP contribution in [0.15, 0.2) is 59.6 Å². The Morgan fingerprint density at radius 1 is 1.17 bits per heavy atom. The number of benzene rings is 2. The number of nitrogens with one attached hydrogen (secondary N) is 1. The summed E-state index contributed by atoms with van der Waals surface area (Å²) >= 11 is 0. The Labute approximate surface area is 171 Å². The summed E-state index contributed by atoms with van der Waals surface area (Å²) in [5, 5.41) is 9.64. The van der Waals surface area contributed by atoms with Gasteiger partial charge >= 0.3 is 5.97 Å². The van der Waals surface area contributed by atoms with Crippen molar-refractivity contribution in [1.82, 2.24) is 4.72 Å². The van der Waals surface area contributed by atoms with Gasteiger partial charge in [-0.3, -0.25) is 4.72 Å². The number of sulfonamides is 1. The monoisotopic (exact) mass is 415 g/mol. The average molecular weight is 416 g/mol. The van der Waals surface area contributed by atoms with E-state index >= 15 is 0 Å². The highest BCUT2D eigenvalue weighted by molar-refractivity contribution is 7.89. The Kier molecular flexibility index (Phi) is 6.87. The van der Waals surface area contributed by atoms with Gasteiger partial charge in [-0.2, -0.15) is 0 Å². The highest BCUT2D eigenvalue weighted by Gasteiger charge is 2.16. The number of allylic oxidation sites excluding steroid dienone is 1. The van der Waals surface area contributed by atoms with Gasteiger partial charge in [0.25, 0.3) is 10.0 Å². The van der Waals surface area contributed by atoms with Gasteiger partial charge in [0.1, 0.15) is 5.75 Å². The van der Waals surface area contributed by atoms with Gasteiger partial charge in [0.05, 0.1) is 16.6 Å². The quantitative estimate of drug-likeness (QED) is 0.497. The van der Waals surface area contributed by atoms with Crippen LogP contribution in [0.5, 0.6) is 5.75 Å². The number of aliphatic carboxylic acids is 1. The van der Waals surface area contributed by atoms with Crippen LogP contribution in [0.25, 0.3) is 11.6 Å². The van der Waals surface area contributed by atoms with Crippen LogP contribution in [-0.4, -0.2) is 25.6 Å². The third-order valence-electron chi connectivity index (χ3n) is 3.89. The minimum atomic E-state index is -3.73. The molecule has 2 N–H and O–H groups in total. The number of carbonyl (C=O) groups is 1. The number of ether oxygens (including phenoxy) is 1. The highest BCUT2D eigenvalue weighted by atomic mass is 32.2. The zero-order valence-corrected chi connectivity index (χ0v) is 17.7. The van der Waals surface area contributed by atoms with E-state index in [9.17, 15) is 18.3 Å². The molecule has 0 atom stereocenters. The van der Waals surface area contributed by atoms with E-state index in [-0.39, 0.29) is 16.6 Å². The number of hydrogen-bond donors (Lipinski definition) is 2. The lowest BCUT2D eigenvalue weighted by molar-refractivity contribution is -0.130. The molecule has 0 fully saturated rings. The van der Waals surface area contributed by atoms with E-state index < -0.39 is 16.0 Å². The molecule has 0 aliphatic heterocycles. The SMILES string of the molecule is C=C(C)NS(=O)(=O)c1ccc(/C(=C\c2ccc(OC(C)C)c(C)c2)C(=O)O)cc1. The second kappa shape index (κ2) is 8.96. The molecule has 0 unspecified atom stereocenters. The normalized spacial score (nSPS) is 12.0. The molecule has 0 saturated carbocycles. The van der Waals surface area contributed by atoms with Crippen molar-refractivity contribution >= 4 is 27.6 Å². The highest BCUT2D eigenvalue weighted by Crippen LogP contribution is 2.25. The Balaban J connectivity index is 2.38. The van der Waals surface area contributed by atoms with E-state index in [4.69, 9.17) is 4.74 Å². The van der Waals surface area contributed by atoms with E-state index in [0.717, 1.165) is 11.3 Å². The molecule has 29 heavy (non-hydrogen) atoms. The first-order valence-electron chi connectivity index (χ1n) is 9.00. The van der Waals surface area contributed by atoms with Crippen LogP contribution in [0.4, 0.5) is 0 Å². The number of rotatable bonds is 8. The molecule has 154 valence electrons. The van der Waals surface area contributed by atoms with Crippen LogP contribution < -0.4 is 9.46 Å². The molecule has 0 bridgehead atoms. The summed E-state index contributed by atoms with van der Waals surface area (Å²) in [6.07, 6.45) is 1.59. The number of aryl methyl sites for hydroxylation is 1. The fourth-order valence-corrected chi connectivity index (χ4v) is 3.76. The van der Waals surface area contributed by atoms with Gasteiger partial charge in [-0.15, -0.1) is 0 Å². The Hall–Kier alpha value is -3.06. The van der Waals surface area contributed by atoms with Crippen molar-refractivity contribution in [3.63, 3.8) is 0 Å². The van der Waals surface area contributed by atoms with Crippen LogP contribution in [0.1, 0.15) is 37.5 Å². The zero-order chi connectivity index (χ0) is 21.8. The van der Waals surface area contributed by atoms with Crippen molar-refractivity contribution in [2.75, 3.05) is 0 Å². The molecule has 7 heteroatoms. The summed E-state index contributed by atoms with van der Waals surface area (Å²) < 4.78 is 32.4. The minimum Gasteiger partial charge on any atom is -0.491 e. The molecule has 2 aromatic carbocycles. The second-order valence-electron chi connectivity index (χ2n) is 6.96. The average Bonchev–Trinajstić information content (AvgIpc) is 2.60. The third-order valence-corrected chi connectivity index (χ3v) is 5.40. The molecule has 0 amide bonds. The lowest BCUT2D eigenvalue weighted by Crippen LogP contribution is -2.21. The largest absolute Gasteiger partial charge is 0.491 e. The molecular formula is C22H25NO5S. The van der Waals surface area contributed by atoms with Crippen LogP contribution in [0.3, 0.4) is 0 Å². The predicted molar refractivity (Wildman–Crippen MR) is 114 cm³/mol. The summed E-state index contributed by atoms with van der Waals surface area (Å²) in [4.78, 5) is 11.8. The van der Waals surface area contributed by atoms with Crippen molar-refractivity contribution in [3.8, 4) is 5.75 Å². The first kappa shape index (κ1) is 22.2. The fourth-order valence-electron chi connectivity index (χ4n) is 2.69. The van der Waals surface area contributed by atoms with E-state index in [1.54, 1.807) is 18.2 Å². The molecular weight excluding hydrogens is 390 g/mol. The van der Waals surface area contributed by atoms with Gasteiger partial charge in [0.15, 0.2) is 0 Å². The summed E-state index contributed by atoms with van der Waals surface area (Å²) in [6.45, 7) is 10.8. The van der Waals surface area contributed by atoms with Crippen LogP contribution in [-0.2, 0) is 14.8 Å². The van der Waals surface area contributed by atoms with Gasteiger partial charge in [-0.05, 0) is 74.7 Å². The standard InChI is InChI=1S/C22H25NO5S/c1-14(2)23-29(26,27)19-9-7-18(8-10-19)20(22(24)25)13-17-6-11-21(16(5)12-17)28-15(3)4/h6-13,15,23H,1H2,2-5H3,(H,24,25)/b20-13+. The maximum Gasteiger partial charge on any atom is 0.336 e. The second-order valence-corrected chi connectivity index (χ2v) is 8.65. The van der Waals surface area contributed by atoms with Crippen molar-refractivity contribution in [2.24, 2.45) is 0 Å². The Morgan fingerprint density at radius 3 is 2.28 bits per heavy atom. The fraction of sp³-hybridized carbons (Fsp3) is 0.227. The molecule has 2 rings (SSSR count). The maximum atomic E-state index is 12.2. The molecule has 0 aromatic heterocycles. The summed E-state index contributed by atoms with van der Waals surface area (Å²) in [6, 6.07) is 11.1. The van der Waals surface area contributed by atoms with Gasteiger partial charge in [-0.25, -0.2) is 13.2 Å². The lowest BCUT2D eigenvalue weighted by Gasteiger charge is -2.13. The molecule has 6 nitrogen and oxygen atoms in total. The van der Waals surface area contributed by atoms with Gasteiger partial charge in [-0.1, -0.05) is 24.8 Å². The zero-order valence-electron chi connectivity index (χ0n) is 16.9. The van der Waals surface area contributed by atoms with E-state index in [2.05, 4.69) is 11.3 Å². The van der Waals surface area contributed by atoms with Crippen LogP contribution in [0.2, 0.25) is 0 Å². The minimum absolute atomic E-state index is 0.0278. The summed E-state index contributed by atoms with van der Waals surface area (Å²) in [5.74, 6) is -0.366. The van der Waals surface area contributed by atoms with Crippen molar-refractivity contribution in [3.05, 3.63) is 71.4 Å². The third kappa shape index (κ3) is 5.96. The van der Waals surface area contributed by atoms with Gasteiger partial charge < -0.3 is 9.84 Å².